The summed E-state index contributed by atoms with van der Waals surface area (Å²) in [6.45, 7) is 0. The molecule has 7 heteroatoms. The first-order valence-electron chi connectivity index (χ1n) is 7.26. The second-order valence-electron chi connectivity index (χ2n) is 5.11. The highest BCUT2D eigenvalue weighted by Gasteiger charge is 2.53. The molecular formula is C17H15BF2O4. The maximum absolute atomic E-state index is 13.9. The Kier molecular flexibility index (Phi) is 4.25. The van der Waals surface area contributed by atoms with Crippen LogP contribution < -0.4 is 9.47 Å². The molecule has 0 unspecified atom stereocenters. The van der Waals surface area contributed by atoms with Crippen LogP contribution in [0.15, 0.2) is 54.6 Å². The number of rotatable bonds is 4. The van der Waals surface area contributed by atoms with E-state index in [9.17, 15) is 8.63 Å². The van der Waals surface area contributed by atoms with Gasteiger partial charge < -0.3 is 27.1 Å². The van der Waals surface area contributed by atoms with E-state index in [0.717, 1.165) is 0 Å². The summed E-state index contributed by atoms with van der Waals surface area (Å²) >= 11 is 0. The fraction of sp³-hybridized carbons (Fsp3) is 0.118. The normalized spacial score (nSPS) is 15.8. The molecule has 0 atom stereocenters. The molecule has 0 aliphatic carbocycles. The molecule has 0 amide bonds. The maximum Gasteiger partial charge on any atom is 0.995 e. The molecular weight excluding hydrogens is 317 g/mol. The van der Waals surface area contributed by atoms with Crippen LogP contribution in [0.5, 0.6) is 11.5 Å². The molecule has 24 heavy (non-hydrogen) atoms. The third-order valence-corrected chi connectivity index (χ3v) is 3.48. The number of hydrogen-bond acceptors (Lipinski definition) is 3. The number of ether oxygens (including phenoxy) is 2. The predicted molar refractivity (Wildman–Crippen MR) is 87.4 cm³/mol. The first-order chi connectivity index (χ1) is 11.5. The Labute approximate surface area is 138 Å². The van der Waals surface area contributed by atoms with E-state index in [0.29, 0.717) is 22.6 Å². The smallest absolute Gasteiger partial charge is 0.569 e. The molecule has 2 aromatic carbocycles. The zero-order valence-electron chi connectivity index (χ0n) is 13.2. The van der Waals surface area contributed by atoms with Gasteiger partial charge in [-0.05, 0) is 12.1 Å². The van der Waals surface area contributed by atoms with Crippen molar-refractivity contribution in [3.05, 3.63) is 65.7 Å². The van der Waals surface area contributed by atoms with Gasteiger partial charge in [-0.3, -0.25) is 0 Å². The van der Waals surface area contributed by atoms with E-state index >= 15 is 0 Å². The van der Waals surface area contributed by atoms with Gasteiger partial charge in [0.15, 0.2) is 0 Å². The first kappa shape index (κ1) is 16.0. The number of hydrogen-bond donors (Lipinski definition) is 0. The Bertz CT molecular complexity index is 781. The van der Waals surface area contributed by atoms with Gasteiger partial charge in [-0.25, -0.2) is 0 Å². The van der Waals surface area contributed by atoms with Crippen LogP contribution in [-0.2, 0) is 4.65 Å². The molecule has 0 N–H and O–H groups in total. The molecule has 2 aromatic rings. The number of halogens is 2. The van der Waals surface area contributed by atoms with Crippen LogP contribution in [0.25, 0.3) is 5.76 Å². The summed E-state index contributed by atoms with van der Waals surface area (Å²) in [6, 6.07) is 13.5. The molecule has 0 saturated heterocycles. The molecule has 1 aliphatic heterocycles. The topological polar surface area (TPSA) is 39.0 Å². The summed E-state index contributed by atoms with van der Waals surface area (Å²) < 4.78 is 47.7. The molecule has 0 spiro atoms. The average molecular weight is 332 g/mol. The molecule has 0 radical (unpaired) electrons. The minimum absolute atomic E-state index is 0.0118. The van der Waals surface area contributed by atoms with Gasteiger partial charge in [-0.15, -0.1) is 0 Å². The molecule has 3 rings (SSSR count). The van der Waals surface area contributed by atoms with Crippen LogP contribution in [0.1, 0.15) is 15.5 Å². The zero-order valence-corrected chi connectivity index (χ0v) is 13.2. The van der Waals surface area contributed by atoms with E-state index in [1.54, 1.807) is 48.5 Å². The molecule has 0 saturated carbocycles. The van der Waals surface area contributed by atoms with E-state index < -0.39 is 7.11 Å². The number of allylic oxidation sites excluding steroid dienone is 1. The summed E-state index contributed by atoms with van der Waals surface area (Å²) in [5.41, 5.74) is 0.944. The van der Waals surface area contributed by atoms with Crippen molar-refractivity contribution in [1.82, 2.24) is 0 Å². The Hall–Kier alpha value is -2.83. The van der Waals surface area contributed by atoms with Gasteiger partial charge in [-0.1, -0.05) is 30.3 Å². The number of benzene rings is 2. The second kappa shape index (κ2) is 6.35. The fourth-order valence-corrected chi connectivity index (χ4v) is 2.36. The van der Waals surface area contributed by atoms with E-state index in [2.05, 4.69) is 0 Å². The quantitative estimate of drug-likeness (QED) is 0.630. The van der Waals surface area contributed by atoms with E-state index in [1.165, 1.54) is 20.3 Å². The summed E-state index contributed by atoms with van der Waals surface area (Å²) in [7, 11) is -1.50. The van der Waals surface area contributed by atoms with Crippen molar-refractivity contribution in [1.29, 1.82) is 0 Å². The SMILES string of the molecule is COc1cc(OC)cc(C2=[O+][B-](F)(F)OC(c3ccccc3)=C2)c1. The Balaban J connectivity index is 2.08. The van der Waals surface area contributed by atoms with Crippen LogP contribution in [-0.4, -0.2) is 27.1 Å². The largest absolute Gasteiger partial charge is 0.995 e. The standard InChI is InChI=1S/C17H15BF2O4/c1-21-14-8-13(9-15(10-14)22-2)17-11-16(23-18(19,20)24-17)12-6-4-3-5-7-12/h3-11H,1-2H3. The summed E-state index contributed by atoms with van der Waals surface area (Å²) in [6.07, 6.45) is 1.43. The number of ketones is 1. The van der Waals surface area contributed by atoms with Gasteiger partial charge in [0, 0.05) is 11.6 Å². The third kappa shape index (κ3) is 3.40. The van der Waals surface area contributed by atoms with Crippen molar-refractivity contribution in [2.45, 2.75) is 0 Å². The van der Waals surface area contributed by atoms with Crippen molar-refractivity contribution < 1.29 is 27.1 Å². The summed E-state index contributed by atoms with van der Waals surface area (Å²) in [5, 5.41) is 0. The lowest BCUT2D eigenvalue weighted by Gasteiger charge is -2.20. The van der Waals surface area contributed by atoms with Crippen LogP contribution in [0.3, 0.4) is 0 Å². The van der Waals surface area contributed by atoms with Gasteiger partial charge in [0.1, 0.15) is 11.5 Å². The van der Waals surface area contributed by atoms with Crippen molar-refractivity contribution >= 4 is 18.6 Å². The van der Waals surface area contributed by atoms with E-state index in [4.69, 9.17) is 18.5 Å². The third-order valence-electron chi connectivity index (χ3n) is 3.48. The monoisotopic (exact) mass is 332 g/mol. The highest BCUT2D eigenvalue weighted by molar-refractivity contribution is 6.52. The zero-order chi connectivity index (χ0) is 17.2. The minimum atomic E-state index is -4.47. The Morgan fingerprint density at radius 1 is 0.917 bits per heavy atom. The van der Waals surface area contributed by atoms with Gasteiger partial charge in [-0.2, -0.15) is 0 Å². The number of methoxy groups -OCH3 is 2. The lowest BCUT2D eigenvalue weighted by atomic mass is 10.0. The fourth-order valence-electron chi connectivity index (χ4n) is 2.36. The van der Waals surface area contributed by atoms with E-state index in [1.807, 2.05) is 0 Å². The van der Waals surface area contributed by atoms with Gasteiger partial charge in [0.05, 0.1) is 31.6 Å². The summed E-state index contributed by atoms with van der Waals surface area (Å²) in [5.74, 6) is 0.973. The molecule has 0 aromatic heterocycles. The average Bonchev–Trinajstić information content (AvgIpc) is 2.60. The molecule has 0 bridgehead atoms. The van der Waals surface area contributed by atoms with Crippen molar-refractivity contribution in [2.75, 3.05) is 14.2 Å². The van der Waals surface area contributed by atoms with Crippen LogP contribution in [0, 0.1) is 0 Å². The van der Waals surface area contributed by atoms with E-state index in [-0.39, 0.29) is 11.5 Å². The maximum atomic E-state index is 13.9. The second-order valence-corrected chi connectivity index (χ2v) is 5.11. The molecule has 4 nitrogen and oxygen atoms in total. The van der Waals surface area contributed by atoms with Gasteiger partial charge in [0.2, 0.25) is 0 Å². The molecule has 1 heterocycles. The van der Waals surface area contributed by atoms with Crippen LogP contribution in [0.4, 0.5) is 8.63 Å². The van der Waals surface area contributed by atoms with Crippen molar-refractivity contribution in [3.8, 4) is 11.5 Å². The Morgan fingerprint density at radius 2 is 1.54 bits per heavy atom. The van der Waals surface area contributed by atoms with Crippen molar-refractivity contribution in [2.24, 2.45) is 0 Å². The minimum Gasteiger partial charge on any atom is -0.569 e. The lowest BCUT2D eigenvalue weighted by Crippen LogP contribution is -2.31. The lowest BCUT2D eigenvalue weighted by molar-refractivity contribution is -0.183. The molecule has 124 valence electrons. The Morgan fingerprint density at radius 3 is 2.12 bits per heavy atom. The predicted octanol–water partition coefficient (Wildman–Crippen LogP) is 3.87. The van der Waals surface area contributed by atoms with Gasteiger partial charge in [0.25, 0.3) is 5.78 Å². The number of carbonyl (C=O) groups excluding carboxylic acids is 1. The van der Waals surface area contributed by atoms with Crippen LogP contribution >= 0.6 is 0 Å². The highest BCUT2D eigenvalue weighted by Crippen LogP contribution is 2.30. The summed E-state index contributed by atoms with van der Waals surface area (Å²) in [4.78, 5) is 0. The first-order valence-corrected chi connectivity index (χ1v) is 7.26. The van der Waals surface area contributed by atoms with Crippen LogP contribution in [0.2, 0.25) is 0 Å². The van der Waals surface area contributed by atoms with Crippen molar-refractivity contribution in [3.63, 3.8) is 0 Å². The van der Waals surface area contributed by atoms with Gasteiger partial charge >= 0.3 is 7.11 Å². The highest BCUT2D eigenvalue weighted by atomic mass is 19.3. The molecule has 1 aliphatic rings. The molecule has 0 fully saturated rings.